The van der Waals surface area contributed by atoms with Crippen molar-refractivity contribution in [1.29, 1.82) is 0 Å². The van der Waals surface area contributed by atoms with Crippen molar-refractivity contribution in [3.63, 3.8) is 0 Å². The van der Waals surface area contributed by atoms with Gasteiger partial charge >= 0.3 is 0 Å². The van der Waals surface area contributed by atoms with E-state index >= 15 is 0 Å². The first-order chi connectivity index (χ1) is 5.40. The maximum Gasteiger partial charge on any atom is 0.0767 e. The van der Waals surface area contributed by atoms with Gasteiger partial charge in [0.05, 0.1) is 5.37 Å². The molecule has 2 heteroatoms. The highest BCUT2D eigenvalue weighted by molar-refractivity contribution is 8.00. The summed E-state index contributed by atoms with van der Waals surface area (Å²) in [5.41, 5.74) is 1.30. The third kappa shape index (κ3) is 1.23. The highest BCUT2D eigenvalue weighted by atomic mass is 32.2. The van der Waals surface area contributed by atoms with Crippen LogP contribution in [0.4, 0.5) is 5.69 Å². The van der Waals surface area contributed by atoms with E-state index in [0.717, 1.165) is 0 Å². The van der Waals surface area contributed by atoms with Crippen LogP contribution < -0.4 is 5.32 Å². The van der Waals surface area contributed by atoms with Crippen molar-refractivity contribution in [3.8, 4) is 0 Å². The van der Waals surface area contributed by atoms with Gasteiger partial charge < -0.3 is 5.32 Å². The Labute approximate surface area is 71.2 Å². The van der Waals surface area contributed by atoms with E-state index in [1.54, 1.807) is 0 Å². The number of rotatable bonds is 1. The standard InChI is InChI=1S/C9H11NS/c1-2-9-10-7-5-3-4-6-8(7)11-9/h3-6,9-10H,2H2,1H3. The van der Waals surface area contributed by atoms with Crippen LogP contribution in [0, 0.1) is 0 Å². The van der Waals surface area contributed by atoms with Gasteiger partial charge in [0.1, 0.15) is 0 Å². The largest absolute Gasteiger partial charge is 0.372 e. The molecule has 1 aliphatic heterocycles. The van der Waals surface area contributed by atoms with Crippen LogP contribution in [0.15, 0.2) is 29.2 Å². The molecule has 1 aromatic carbocycles. The van der Waals surface area contributed by atoms with E-state index in [1.807, 2.05) is 11.8 Å². The van der Waals surface area contributed by atoms with Gasteiger partial charge in [0.15, 0.2) is 0 Å². The number of fused-ring (bicyclic) bond motifs is 1. The zero-order chi connectivity index (χ0) is 7.68. The molecule has 1 aromatic rings. The van der Waals surface area contributed by atoms with Crippen molar-refractivity contribution < 1.29 is 0 Å². The maximum atomic E-state index is 3.45. The van der Waals surface area contributed by atoms with E-state index in [0.29, 0.717) is 5.37 Å². The quantitative estimate of drug-likeness (QED) is 0.686. The fraction of sp³-hybridized carbons (Fsp3) is 0.333. The monoisotopic (exact) mass is 165 g/mol. The van der Waals surface area contributed by atoms with Crippen LogP contribution in [0.3, 0.4) is 0 Å². The molecule has 1 N–H and O–H groups in total. The van der Waals surface area contributed by atoms with E-state index in [1.165, 1.54) is 17.0 Å². The number of anilines is 1. The van der Waals surface area contributed by atoms with Gasteiger partial charge in [0, 0.05) is 10.6 Å². The Bertz CT molecular complexity index is 234. The van der Waals surface area contributed by atoms with Gasteiger partial charge in [0.25, 0.3) is 0 Å². The Hall–Kier alpha value is -0.630. The lowest BCUT2D eigenvalue weighted by Crippen LogP contribution is -2.06. The van der Waals surface area contributed by atoms with Crippen molar-refractivity contribution in [2.45, 2.75) is 23.6 Å². The molecule has 0 saturated heterocycles. The summed E-state index contributed by atoms with van der Waals surface area (Å²) in [7, 11) is 0. The summed E-state index contributed by atoms with van der Waals surface area (Å²) in [6, 6.07) is 8.47. The van der Waals surface area contributed by atoms with Crippen LogP contribution in [-0.2, 0) is 0 Å². The molecule has 1 atom stereocenters. The molecule has 0 spiro atoms. The molecule has 58 valence electrons. The first-order valence-corrected chi connectivity index (χ1v) is 4.80. The lowest BCUT2D eigenvalue weighted by atomic mass is 10.3. The second-order valence-corrected chi connectivity index (χ2v) is 3.90. The van der Waals surface area contributed by atoms with Crippen LogP contribution in [-0.4, -0.2) is 5.37 Å². The minimum absolute atomic E-state index is 0.590. The topological polar surface area (TPSA) is 12.0 Å². The van der Waals surface area contributed by atoms with Crippen molar-refractivity contribution in [2.24, 2.45) is 0 Å². The Morgan fingerprint density at radius 1 is 1.45 bits per heavy atom. The van der Waals surface area contributed by atoms with Gasteiger partial charge in [-0.1, -0.05) is 30.8 Å². The zero-order valence-electron chi connectivity index (χ0n) is 6.50. The van der Waals surface area contributed by atoms with Crippen LogP contribution in [0.1, 0.15) is 13.3 Å². The highest BCUT2D eigenvalue weighted by Crippen LogP contribution is 2.38. The summed E-state index contributed by atoms with van der Waals surface area (Å²) in [4.78, 5) is 1.39. The van der Waals surface area contributed by atoms with Crippen molar-refractivity contribution in [2.75, 3.05) is 5.32 Å². The number of benzene rings is 1. The third-order valence-electron chi connectivity index (χ3n) is 1.84. The third-order valence-corrected chi connectivity index (χ3v) is 3.19. The van der Waals surface area contributed by atoms with Gasteiger partial charge in [-0.05, 0) is 18.6 Å². The first-order valence-electron chi connectivity index (χ1n) is 3.92. The zero-order valence-corrected chi connectivity index (χ0v) is 7.32. The van der Waals surface area contributed by atoms with Gasteiger partial charge in [-0.2, -0.15) is 0 Å². The van der Waals surface area contributed by atoms with Crippen molar-refractivity contribution >= 4 is 17.4 Å². The van der Waals surface area contributed by atoms with Crippen molar-refractivity contribution in [3.05, 3.63) is 24.3 Å². The SMILES string of the molecule is CCC1Nc2ccccc2S1. The van der Waals surface area contributed by atoms with Crippen LogP contribution in [0.25, 0.3) is 0 Å². The fourth-order valence-corrected chi connectivity index (χ4v) is 2.30. The second-order valence-electron chi connectivity index (χ2n) is 2.66. The summed E-state index contributed by atoms with van der Waals surface area (Å²) < 4.78 is 0. The molecule has 1 heterocycles. The van der Waals surface area contributed by atoms with E-state index in [4.69, 9.17) is 0 Å². The summed E-state index contributed by atoms with van der Waals surface area (Å²) in [6.45, 7) is 2.20. The molecule has 2 rings (SSSR count). The predicted molar refractivity (Wildman–Crippen MR) is 50.0 cm³/mol. The Kier molecular flexibility index (Phi) is 1.78. The summed E-state index contributed by atoms with van der Waals surface area (Å²) in [5, 5.41) is 4.04. The molecule has 0 saturated carbocycles. The molecule has 0 bridgehead atoms. The average Bonchev–Trinajstić information content (AvgIpc) is 2.46. The van der Waals surface area contributed by atoms with E-state index < -0.39 is 0 Å². The molecule has 0 fully saturated rings. The maximum absolute atomic E-state index is 3.45. The van der Waals surface area contributed by atoms with Gasteiger partial charge in [-0.25, -0.2) is 0 Å². The predicted octanol–water partition coefficient (Wildman–Crippen LogP) is 2.94. The summed E-state index contributed by atoms with van der Waals surface area (Å²) in [6.07, 6.45) is 1.18. The molecule has 0 radical (unpaired) electrons. The minimum atomic E-state index is 0.590. The van der Waals surface area contributed by atoms with Gasteiger partial charge in [-0.3, -0.25) is 0 Å². The normalized spacial score (nSPS) is 21.0. The highest BCUT2D eigenvalue weighted by Gasteiger charge is 2.17. The van der Waals surface area contributed by atoms with E-state index in [-0.39, 0.29) is 0 Å². The van der Waals surface area contributed by atoms with Gasteiger partial charge in [0.2, 0.25) is 0 Å². The number of hydrogen-bond donors (Lipinski definition) is 1. The minimum Gasteiger partial charge on any atom is -0.372 e. The number of thioether (sulfide) groups is 1. The molecule has 11 heavy (non-hydrogen) atoms. The Morgan fingerprint density at radius 2 is 2.27 bits per heavy atom. The lowest BCUT2D eigenvalue weighted by molar-refractivity contribution is 0.931. The molecule has 1 nitrogen and oxygen atoms in total. The first kappa shape index (κ1) is 7.04. The van der Waals surface area contributed by atoms with Crippen LogP contribution in [0.5, 0.6) is 0 Å². The lowest BCUT2D eigenvalue weighted by Gasteiger charge is -2.04. The molecule has 0 amide bonds. The Morgan fingerprint density at radius 3 is 3.00 bits per heavy atom. The second kappa shape index (κ2) is 2.78. The van der Waals surface area contributed by atoms with E-state index in [2.05, 4.69) is 36.5 Å². The smallest absolute Gasteiger partial charge is 0.0767 e. The van der Waals surface area contributed by atoms with E-state index in [9.17, 15) is 0 Å². The van der Waals surface area contributed by atoms with Crippen LogP contribution in [0.2, 0.25) is 0 Å². The number of nitrogens with one attached hydrogen (secondary N) is 1. The molecular weight excluding hydrogens is 154 g/mol. The average molecular weight is 165 g/mol. The molecule has 0 aliphatic carbocycles. The number of para-hydroxylation sites is 1. The van der Waals surface area contributed by atoms with Crippen LogP contribution >= 0.6 is 11.8 Å². The number of hydrogen-bond acceptors (Lipinski definition) is 2. The molecule has 1 aliphatic rings. The summed E-state index contributed by atoms with van der Waals surface area (Å²) >= 11 is 1.93. The van der Waals surface area contributed by atoms with Crippen molar-refractivity contribution in [1.82, 2.24) is 0 Å². The molecular formula is C9H11NS. The van der Waals surface area contributed by atoms with Gasteiger partial charge in [-0.15, -0.1) is 0 Å². The Balaban J connectivity index is 2.27. The summed E-state index contributed by atoms with van der Waals surface area (Å²) in [5.74, 6) is 0. The molecule has 0 aromatic heterocycles. The fourth-order valence-electron chi connectivity index (χ4n) is 1.23. The molecule has 1 unspecified atom stereocenters.